The van der Waals surface area contributed by atoms with Crippen LogP contribution in [0.1, 0.15) is 28.7 Å². The Morgan fingerprint density at radius 3 is 2.77 bits per heavy atom. The zero-order valence-corrected chi connectivity index (χ0v) is 14.7. The fourth-order valence-electron chi connectivity index (χ4n) is 2.25. The van der Waals surface area contributed by atoms with Gasteiger partial charge in [0, 0.05) is 31.0 Å². The molecule has 0 bridgehead atoms. The monoisotopic (exact) mass is 364 g/mol. The maximum absolute atomic E-state index is 12.1. The second-order valence-corrected chi connectivity index (χ2v) is 5.98. The van der Waals surface area contributed by atoms with Gasteiger partial charge in [-0.1, -0.05) is 12.1 Å². The van der Waals surface area contributed by atoms with Crippen LogP contribution >= 0.6 is 15.9 Å². The smallest absolute Gasteiger partial charge is 0.273 e. The first-order valence-corrected chi connectivity index (χ1v) is 8.12. The summed E-state index contributed by atoms with van der Waals surface area (Å²) in [5, 5.41) is 9.71. The third-order valence-electron chi connectivity index (χ3n) is 3.50. The lowest BCUT2D eigenvalue weighted by Gasteiger charge is -2.23. The van der Waals surface area contributed by atoms with Gasteiger partial charge in [-0.2, -0.15) is 5.10 Å². The van der Waals surface area contributed by atoms with Crippen LogP contribution < -0.4 is 10.2 Å². The lowest BCUT2D eigenvalue weighted by molar-refractivity contribution is 0.0949. The van der Waals surface area contributed by atoms with E-state index in [0.29, 0.717) is 12.2 Å². The fourth-order valence-corrected chi connectivity index (χ4v) is 2.61. The highest BCUT2D eigenvalue weighted by Gasteiger charge is 2.15. The quantitative estimate of drug-likeness (QED) is 0.827. The summed E-state index contributed by atoms with van der Waals surface area (Å²) in [5.74, 6) is -0.170. The Labute approximate surface area is 139 Å². The number of hydrogen-bond donors (Lipinski definition) is 2. The highest BCUT2D eigenvalue weighted by atomic mass is 79.9. The molecule has 5 nitrogen and oxygen atoms in total. The minimum atomic E-state index is -0.170. The van der Waals surface area contributed by atoms with Crippen molar-refractivity contribution in [3.8, 4) is 0 Å². The van der Waals surface area contributed by atoms with Gasteiger partial charge in [0.25, 0.3) is 5.91 Å². The Balaban J connectivity index is 1.92. The van der Waals surface area contributed by atoms with Gasteiger partial charge in [-0.25, -0.2) is 0 Å². The number of benzene rings is 1. The number of nitrogens with zero attached hydrogens (tertiary/aromatic N) is 2. The normalized spacial score (nSPS) is 10.5. The van der Waals surface area contributed by atoms with E-state index in [2.05, 4.69) is 74.5 Å². The molecule has 0 spiro atoms. The first-order chi connectivity index (χ1) is 10.5. The summed E-state index contributed by atoms with van der Waals surface area (Å²) in [6, 6.07) is 8.37. The Kier molecular flexibility index (Phi) is 5.60. The number of nitrogens with one attached hydrogen (secondary N) is 2. The van der Waals surface area contributed by atoms with Gasteiger partial charge in [0.2, 0.25) is 0 Å². The number of halogens is 1. The largest absolute Gasteiger partial charge is 0.370 e. The van der Waals surface area contributed by atoms with E-state index < -0.39 is 0 Å². The molecule has 1 amide bonds. The first kappa shape index (κ1) is 16.5. The molecular formula is C16H21BrN4O. The predicted molar refractivity (Wildman–Crippen MR) is 92.4 cm³/mol. The maximum Gasteiger partial charge on any atom is 0.273 e. The third-order valence-corrected chi connectivity index (χ3v) is 4.47. The Bertz CT molecular complexity index is 653. The van der Waals surface area contributed by atoms with Crippen LogP contribution in [-0.2, 0) is 0 Å². The summed E-state index contributed by atoms with van der Waals surface area (Å²) in [5.41, 5.74) is 3.65. The molecule has 0 saturated heterocycles. The number of amides is 1. The molecule has 2 rings (SSSR count). The van der Waals surface area contributed by atoms with Crippen molar-refractivity contribution in [2.24, 2.45) is 0 Å². The van der Waals surface area contributed by atoms with E-state index in [1.54, 1.807) is 0 Å². The van der Waals surface area contributed by atoms with Crippen molar-refractivity contribution in [2.45, 2.75) is 20.8 Å². The number of likely N-dealkylation sites (N-methyl/N-ethyl adjacent to an activating group) is 1. The Morgan fingerprint density at radius 1 is 1.41 bits per heavy atom. The molecule has 0 aliphatic heterocycles. The van der Waals surface area contributed by atoms with Gasteiger partial charge in [-0.15, -0.1) is 0 Å². The summed E-state index contributed by atoms with van der Waals surface area (Å²) in [6.07, 6.45) is 0. The zero-order chi connectivity index (χ0) is 16.1. The number of aryl methyl sites for hydroxylation is 2. The molecule has 22 heavy (non-hydrogen) atoms. The summed E-state index contributed by atoms with van der Waals surface area (Å²) >= 11 is 3.36. The van der Waals surface area contributed by atoms with Crippen molar-refractivity contribution in [3.05, 3.63) is 45.7 Å². The van der Waals surface area contributed by atoms with Gasteiger partial charge in [-0.05, 0) is 54.4 Å². The van der Waals surface area contributed by atoms with Crippen molar-refractivity contribution < 1.29 is 4.79 Å². The lowest BCUT2D eigenvalue weighted by Crippen LogP contribution is -2.35. The van der Waals surface area contributed by atoms with Crippen LogP contribution in [0.25, 0.3) is 0 Å². The minimum absolute atomic E-state index is 0.170. The van der Waals surface area contributed by atoms with E-state index in [1.807, 2.05) is 6.92 Å². The topological polar surface area (TPSA) is 61.0 Å². The SMILES string of the molecule is CCN(CCNC(=O)c1n[nH]c(C)c1Br)c1cccc(C)c1. The van der Waals surface area contributed by atoms with Crippen molar-refractivity contribution in [2.75, 3.05) is 24.5 Å². The number of rotatable bonds is 6. The first-order valence-electron chi connectivity index (χ1n) is 7.33. The van der Waals surface area contributed by atoms with Crippen LogP contribution in [0.5, 0.6) is 0 Å². The van der Waals surface area contributed by atoms with Crippen molar-refractivity contribution in [1.82, 2.24) is 15.5 Å². The molecule has 0 saturated carbocycles. The number of carbonyl (C=O) groups is 1. The van der Waals surface area contributed by atoms with Crippen molar-refractivity contribution >= 4 is 27.5 Å². The molecule has 0 fully saturated rings. The molecule has 0 radical (unpaired) electrons. The molecular weight excluding hydrogens is 344 g/mol. The van der Waals surface area contributed by atoms with E-state index in [0.717, 1.165) is 23.3 Å². The second kappa shape index (κ2) is 7.45. The van der Waals surface area contributed by atoms with Gasteiger partial charge in [0.1, 0.15) is 0 Å². The second-order valence-electron chi connectivity index (χ2n) is 5.19. The number of aromatic amines is 1. The van der Waals surface area contributed by atoms with Gasteiger partial charge in [0.05, 0.1) is 4.47 Å². The number of H-pyrrole nitrogens is 1. The van der Waals surface area contributed by atoms with Gasteiger partial charge in [0.15, 0.2) is 5.69 Å². The Hall–Kier alpha value is -1.82. The maximum atomic E-state index is 12.1. The molecule has 2 aromatic rings. The van der Waals surface area contributed by atoms with Crippen LogP contribution in [-0.4, -0.2) is 35.7 Å². The predicted octanol–water partition coefficient (Wildman–Crippen LogP) is 3.05. The number of anilines is 1. The van der Waals surface area contributed by atoms with Crippen molar-refractivity contribution in [3.63, 3.8) is 0 Å². The number of hydrogen-bond acceptors (Lipinski definition) is 3. The Morgan fingerprint density at radius 2 is 2.18 bits per heavy atom. The summed E-state index contributed by atoms with van der Waals surface area (Å²) < 4.78 is 0.719. The zero-order valence-electron chi connectivity index (χ0n) is 13.1. The van der Waals surface area contributed by atoms with E-state index in [4.69, 9.17) is 0 Å². The standard InChI is InChI=1S/C16H21BrN4O/c1-4-21(13-7-5-6-11(2)10-13)9-8-18-16(22)15-14(17)12(3)19-20-15/h5-7,10H,4,8-9H2,1-3H3,(H,18,22)(H,19,20). The molecule has 6 heteroatoms. The molecule has 0 atom stereocenters. The molecule has 2 N–H and O–H groups in total. The molecule has 118 valence electrons. The van der Waals surface area contributed by atoms with Crippen molar-refractivity contribution in [1.29, 1.82) is 0 Å². The van der Waals surface area contributed by atoms with E-state index in [-0.39, 0.29) is 5.91 Å². The van der Waals surface area contributed by atoms with Crippen LogP contribution in [0.3, 0.4) is 0 Å². The molecule has 1 aromatic heterocycles. The molecule has 1 heterocycles. The highest BCUT2D eigenvalue weighted by molar-refractivity contribution is 9.10. The van der Waals surface area contributed by atoms with E-state index >= 15 is 0 Å². The summed E-state index contributed by atoms with van der Waals surface area (Å²) in [6.45, 7) is 8.27. The fraction of sp³-hybridized carbons (Fsp3) is 0.375. The van der Waals surface area contributed by atoms with E-state index in [9.17, 15) is 4.79 Å². The average molecular weight is 365 g/mol. The van der Waals surface area contributed by atoms with Crippen LogP contribution in [0.4, 0.5) is 5.69 Å². The van der Waals surface area contributed by atoms with Crippen LogP contribution in [0, 0.1) is 13.8 Å². The molecule has 0 unspecified atom stereocenters. The number of aromatic nitrogens is 2. The minimum Gasteiger partial charge on any atom is -0.370 e. The van der Waals surface area contributed by atoms with Crippen LogP contribution in [0.2, 0.25) is 0 Å². The molecule has 1 aromatic carbocycles. The van der Waals surface area contributed by atoms with Gasteiger partial charge < -0.3 is 10.2 Å². The lowest BCUT2D eigenvalue weighted by atomic mass is 10.2. The highest BCUT2D eigenvalue weighted by Crippen LogP contribution is 2.18. The van der Waals surface area contributed by atoms with Gasteiger partial charge >= 0.3 is 0 Å². The van der Waals surface area contributed by atoms with E-state index in [1.165, 1.54) is 11.3 Å². The summed E-state index contributed by atoms with van der Waals surface area (Å²) in [4.78, 5) is 14.3. The average Bonchev–Trinajstić information content (AvgIpc) is 2.83. The third kappa shape index (κ3) is 3.88. The molecule has 0 aliphatic rings. The number of carbonyl (C=O) groups excluding carboxylic acids is 1. The van der Waals surface area contributed by atoms with Crippen LogP contribution in [0.15, 0.2) is 28.7 Å². The van der Waals surface area contributed by atoms with Gasteiger partial charge in [-0.3, -0.25) is 9.89 Å². The summed E-state index contributed by atoms with van der Waals surface area (Å²) in [7, 11) is 0. The molecule has 0 aliphatic carbocycles.